The minimum Gasteiger partial charge on any atom is -0.329 e. The maximum atomic E-state index is 12.2. The first-order valence-electron chi connectivity index (χ1n) is 6.25. The van der Waals surface area contributed by atoms with Crippen LogP contribution in [-0.2, 0) is 0 Å². The zero-order valence-electron chi connectivity index (χ0n) is 11.6. The molecule has 0 bridgehead atoms. The van der Waals surface area contributed by atoms with Crippen molar-refractivity contribution in [3.63, 3.8) is 0 Å². The molecule has 0 fully saturated rings. The average Bonchev–Trinajstić information content (AvgIpc) is 2.34. The summed E-state index contributed by atoms with van der Waals surface area (Å²) in [6.45, 7) is 2.05. The van der Waals surface area contributed by atoms with Crippen LogP contribution >= 0.6 is 11.8 Å². The van der Waals surface area contributed by atoms with Gasteiger partial charge in [0.1, 0.15) is 0 Å². The predicted molar refractivity (Wildman–Crippen MR) is 76.7 cm³/mol. The molecule has 0 saturated heterocycles. The Morgan fingerprint density at radius 2 is 1.85 bits per heavy atom. The molecule has 7 heteroatoms. The second-order valence-corrected chi connectivity index (χ2v) is 5.80. The summed E-state index contributed by atoms with van der Waals surface area (Å²) in [6, 6.07) is 6.29. The third-order valence-corrected chi connectivity index (χ3v) is 3.44. The minimum absolute atomic E-state index is 0.0418. The SMILES string of the molecule is CN(C)CCNC(CN)c1ccc(SC(F)(F)F)cc1. The van der Waals surface area contributed by atoms with Crippen LogP contribution < -0.4 is 11.1 Å². The third kappa shape index (κ3) is 6.60. The van der Waals surface area contributed by atoms with Crippen molar-refractivity contribution in [2.24, 2.45) is 5.73 Å². The Morgan fingerprint density at radius 3 is 2.30 bits per heavy atom. The number of nitrogens with zero attached hydrogens (tertiary/aromatic N) is 1. The fourth-order valence-corrected chi connectivity index (χ4v) is 2.24. The zero-order chi connectivity index (χ0) is 15.2. The van der Waals surface area contributed by atoms with E-state index in [0.717, 1.165) is 18.7 Å². The van der Waals surface area contributed by atoms with Gasteiger partial charge in [-0.2, -0.15) is 13.2 Å². The summed E-state index contributed by atoms with van der Waals surface area (Å²) in [5.74, 6) is 0. The third-order valence-electron chi connectivity index (χ3n) is 2.70. The average molecular weight is 307 g/mol. The van der Waals surface area contributed by atoms with Gasteiger partial charge in [0.25, 0.3) is 0 Å². The second-order valence-electron chi connectivity index (χ2n) is 4.66. The summed E-state index contributed by atoms with van der Waals surface area (Å²) < 4.78 is 36.7. The Hall–Kier alpha value is -0.760. The highest BCUT2D eigenvalue weighted by Crippen LogP contribution is 2.36. The number of hydrogen-bond acceptors (Lipinski definition) is 4. The van der Waals surface area contributed by atoms with E-state index in [1.54, 1.807) is 12.1 Å². The number of nitrogens with two attached hydrogens (primary N) is 1. The topological polar surface area (TPSA) is 41.3 Å². The van der Waals surface area contributed by atoms with E-state index < -0.39 is 5.51 Å². The fraction of sp³-hybridized carbons (Fsp3) is 0.538. The Labute approximate surface area is 121 Å². The molecule has 20 heavy (non-hydrogen) atoms. The number of nitrogens with one attached hydrogen (secondary N) is 1. The number of rotatable bonds is 7. The summed E-state index contributed by atoms with van der Waals surface area (Å²) in [6.07, 6.45) is 0. The van der Waals surface area contributed by atoms with Crippen molar-refractivity contribution in [3.05, 3.63) is 29.8 Å². The van der Waals surface area contributed by atoms with Crippen LogP contribution in [0.4, 0.5) is 13.2 Å². The first-order chi connectivity index (χ1) is 9.31. The second kappa shape index (κ2) is 7.87. The predicted octanol–water partition coefficient (Wildman–Crippen LogP) is 2.45. The molecule has 0 radical (unpaired) electrons. The summed E-state index contributed by atoms with van der Waals surface area (Å²) in [7, 11) is 3.95. The minimum atomic E-state index is -4.25. The van der Waals surface area contributed by atoms with Gasteiger partial charge < -0.3 is 16.0 Å². The van der Waals surface area contributed by atoms with Crippen LogP contribution in [0.5, 0.6) is 0 Å². The lowest BCUT2D eigenvalue weighted by molar-refractivity contribution is -0.0328. The molecule has 1 rings (SSSR count). The van der Waals surface area contributed by atoms with E-state index in [2.05, 4.69) is 5.32 Å². The smallest absolute Gasteiger partial charge is 0.329 e. The maximum Gasteiger partial charge on any atom is 0.446 e. The number of alkyl halides is 3. The monoisotopic (exact) mass is 307 g/mol. The molecule has 0 heterocycles. The van der Waals surface area contributed by atoms with Crippen LogP contribution in [0.3, 0.4) is 0 Å². The first kappa shape index (κ1) is 17.3. The van der Waals surface area contributed by atoms with E-state index in [4.69, 9.17) is 5.73 Å². The van der Waals surface area contributed by atoms with Gasteiger partial charge in [-0.3, -0.25) is 0 Å². The molecule has 0 amide bonds. The van der Waals surface area contributed by atoms with Crippen LogP contribution in [0, 0.1) is 0 Å². The number of likely N-dealkylation sites (N-methyl/N-ethyl adjacent to an activating group) is 1. The molecule has 3 N–H and O–H groups in total. The quantitative estimate of drug-likeness (QED) is 0.759. The summed E-state index contributed by atoms with van der Waals surface area (Å²) >= 11 is -0.108. The van der Waals surface area contributed by atoms with Crippen LogP contribution in [-0.4, -0.2) is 44.1 Å². The number of thioether (sulfide) groups is 1. The lowest BCUT2D eigenvalue weighted by atomic mass is 10.1. The molecule has 3 nitrogen and oxygen atoms in total. The molecule has 1 aromatic carbocycles. The van der Waals surface area contributed by atoms with Gasteiger partial charge in [-0.25, -0.2) is 0 Å². The van der Waals surface area contributed by atoms with Gasteiger partial charge in [-0.05, 0) is 43.6 Å². The summed E-state index contributed by atoms with van der Waals surface area (Å²) in [5.41, 5.74) is 2.35. The zero-order valence-corrected chi connectivity index (χ0v) is 12.4. The Balaban J connectivity index is 2.60. The van der Waals surface area contributed by atoms with Crippen molar-refractivity contribution in [3.8, 4) is 0 Å². The lowest BCUT2D eigenvalue weighted by Crippen LogP contribution is -2.33. The van der Waals surface area contributed by atoms with Crippen molar-refractivity contribution in [2.45, 2.75) is 16.4 Å². The molecule has 0 aliphatic carbocycles. The van der Waals surface area contributed by atoms with Gasteiger partial charge in [0.15, 0.2) is 0 Å². The van der Waals surface area contributed by atoms with Crippen molar-refractivity contribution in [1.29, 1.82) is 0 Å². The Bertz CT molecular complexity index is 393. The van der Waals surface area contributed by atoms with Crippen LogP contribution in [0.2, 0.25) is 0 Å². The molecule has 1 aromatic rings. The van der Waals surface area contributed by atoms with Crippen molar-refractivity contribution in [1.82, 2.24) is 10.2 Å². The molecule has 0 saturated carbocycles. The van der Waals surface area contributed by atoms with Gasteiger partial charge in [0.2, 0.25) is 0 Å². The molecule has 0 aliphatic heterocycles. The van der Waals surface area contributed by atoms with Crippen molar-refractivity contribution < 1.29 is 13.2 Å². The molecule has 114 valence electrons. The normalized spacial score (nSPS) is 13.8. The summed E-state index contributed by atoms with van der Waals surface area (Å²) in [5, 5.41) is 3.29. The Morgan fingerprint density at radius 1 is 1.25 bits per heavy atom. The Kier molecular flexibility index (Phi) is 6.81. The highest BCUT2D eigenvalue weighted by atomic mass is 32.2. The van der Waals surface area contributed by atoms with E-state index in [-0.39, 0.29) is 22.7 Å². The highest BCUT2D eigenvalue weighted by Gasteiger charge is 2.29. The van der Waals surface area contributed by atoms with Crippen LogP contribution in [0.1, 0.15) is 11.6 Å². The molecule has 0 spiro atoms. The van der Waals surface area contributed by atoms with Crippen LogP contribution in [0.25, 0.3) is 0 Å². The van der Waals surface area contributed by atoms with Gasteiger partial charge in [-0.15, -0.1) is 0 Å². The van der Waals surface area contributed by atoms with Crippen molar-refractivity contribution in [2.75, 3.05) is 33.7 Å². The lowest BCUT2D eigenvalue weighted by Gasteiger charge is -2.19. The van der Waals surface area contributed by atoms with Gasteiger partial charge in [-0.1, -0.05) is 12.1 Å². The van der Waals surface area contributed by atoms with E-state index >= 15 is 0 Å². The fourth-order valence-electron chi connectivity index (χ4n) is 1.70. The van der Waals surface area contributed by atoms with Gasteiger partial charge >= 0.3 is 5.51 Å². The molecule has 1 unspecified atom stereocenters. The highest BCUT2D eigenvalue weighted by molar-refractivity contribution is 8.00. The molecule has 0 aliphatic rings. The van der Waals surface area contributed by atoms with Gasteiger partial charge in [0.05, 0.1) is 0 Å². The van der Waals surface area contributed by atoms with E-state index in [0.29, 0.717) is 6.54 Å². The maximum absolute atomic E-state index is 12.2. The van der Waals surface area contributed by atoms with E-state index in [1.165, 1.54) is 12.1 Å². The first-order valence-corrected chi connectivity index (χ1v) is 7.07. The molecular formula is C13H20F3N3S. The van der Waals surface area contributed by atoms with Crippen LogP contribution in [0.15, 0.2) is 29.2 Å². The molecule has 0 aromatic heterocycles. The number of benzene rings is 1. The van der Waals surface area contributed by atoms with E-state index in [9.17, 15) is 13.2 Å². The standard InChI is InChI=1S/C13H20F3N3S/c1-19(2)8-7-18-12(9-17)10-3-5-11(6-4-10)20-13(14,15)16/h3-6,12,18H,7-9,17H2,1-2H3. The largest absolute Gasteiger partial charge is 0.446 e. The summed E-state index contributed by atoms with van der Waals surface area (Å²) in [4.78, 5) is 2.23. The van der Waals surface area contributed by atoms with Gasteiger partial charge in [0, 0.05) is 30.6 Å². The van der Waals surface area contributed by atoms with Crippen molar-refractivity contribution >= 4 is 11.8 Å². The number of hydrogen-bond donors (Lipinski definition) is 2. The molecule has 1 atom stereocenters. The number of halogens is 3. The van der Waals surface area contributed by atoms with E-state index in [1.807, 2.05) is 19.0 Å². The molecular weight excluding hydrogens is 287 g/mol.